The molecule has 1 N–H and O–H groups in total. The van der Waals surface area contributed by atoms with Gasteiger partial charge >= 0.3 is 0 Å². The fourth-order valence-electron chi connectivity index (χ4n) is 2.60. The van der Waals surface area contributed by atoms with Crippen LogP contribution in [-0.4, -0.2) is 18.0 Å². The lowest BCUT2D eigenvalue weighted by Gasteiger charge is -2.21. The van der Waals surface area contributed by atoms with E-state index < -0.39 is 0 Å². The minimum absolute atomic E-state index is 0.761. The summed E-state index contributed by atoms with van der Waals surface area (Å²) in [4.78, 5) is 2.59. The van der Waals surface area contributed by atoms with E-state index in [2.05, 4.69) is 40.0 Å². The van der Waals surface area contributed by atoms with E-state index >= 15 is 0 Å². The highest BCUT2D eigenvalue weighted by molar-refractivity contribution is 7.07. The van der Waals surface area contributed by atoms with Gasteiger partial charge in [0.15, 0.2) is 0 Å². The van der Waals surface area contributed by atoms with Crippen molar-refractivity contribution in [3.63, 3.8) is 0 Å². The highest BCUT2D eigenvalue weighted by Gasteiger charge is 2.29. The number of aryl methyl sites for hydroxylation is 1. The molecular weight excluding hydrogens is 268 g/mol. The standard InChI is InChI=1S/C16H22N2OS/c1-12-14(7-16(19-12)8-17-2)10-18(15-3-4-15)9-13-5-6-20-11-13/h5-7,11,15,17H,3-4,8-10H2,1-2H3. The van der Waals surface area contributed by atoms with Crippen LogP contribution < -0.4 is 5.32 Å². The Bertz CT molecular complexity index is 543. The molecule has 3 rings (SSSR count). The molecule has 0 bridgehead atoms. The molecule has 3 nitrogen and oxygen atoms in total. The smallest absolute Gasteiger partial charge is 0.118 e. The van der Waals surface area contributed by atoms with Gasteiger partial charge in [0, 0.05) is 24.7 Å². The molecule has 1 fully saturated rings. The predicted molar refractivity (Wildman–Crippen MR) is 82.8 cm³/mol. The maximum absolute atomic E-state index is 5.80. The Labute approximate surface area is 124 Å². The topological polar surface area (TPSA) is 28.4 Å². The van der Waals surface area contributed by atoms with Gasteiger partial charge in [-0.2, -0.15) is 11.3 Å². The van der Waals surface area contributed by atoms with Crippen LogP contribution in [0.2, 0.25) is 0 Å². The zero-order valence-corrected chi connectivity index (χ0v) is 13.0. The molecular formula is C16H22N2OS. The van der Waals surface area contributed by atoms with Gasteiger partial charge in [-0.15, -0.1) is 0 Å². The fourth-order valence-corrected chi connectivity index (χ4v) is 3.26. The van der Waals surface area contributed by atoms with Gasteiger partial charge < -0.3 is 9.73 Å². The summed E-state index contributed by atoms with van der Waals surface area (Å²) in [6.07, 6.45) is 2.68. The average Bonchev–Trinajstić information content (AvgIpc) is 3.05. The summed E-state index contributed by atoms with van der Waals surface area (Å²) in [5, 5.41) is 7.56. The van der Waals surface area contributed by atoms with Crippen LogP contribution in [0.15, 0.2) is 27.3 Å². The van der Waals surface area contributed by atoms with Crippen LogP contribution >= 0.6 is 11.3 Å². The zero-order valence-electron chi connectivity index (χ0n) is 12.2. The van der Waals surface area contributed by atoms with Gasteiger partial charge in [0.05, 0.1) is 6.54 Å². The first-order valence-electron chi connectivity index (χ1n) is 7.24. The zero-order chi connectivity index (χ0) is 13.9. The summed E-state index contributed by atoms with van der Waals surface area (Å²) in [6, 6.07) is 5.20. The van der Waals surface area contributed by atoms with Gasteiger partial charge in [-0.25, -0.2) is 0 Å². The fraction of sp³-hybridized carbons (Fsp3) is 0.500. The Kier molecular flexibility index (Phi) is 4.24. The second-order valence-corrected chi connectivity index (χ2v) is 6.37. The lowest BCUT2D eigenvalue weighted by Crippen LogP contribution is -2.24. The van der Waals surface area contributed by atoms with Crippen LogP contribution in [0.5, 0.6) is 0 Å². The van der Waals surface area contributed by atoms with Crippen molar-refractivity contribution in [3.05, 3.63) is 45.5 Å². The van der Waals surface area contributed by atoms with E-state index in [9.17, 15) is 0 Å². The molecule has 108 valence electrons. The summed E-state index contributed by atoms with van der Waals surface area (Å²) >= 11 is 1.78. The second kappa shape index (κ2) is 6.12. The van der Waals surface area contributed by atoms with E-state index in [1.54, 1.807) is 11.3 Å². The van der Waals surface area contributed by atoms with E-state index in [1.165, 1.54) is 24.0 Å². The van der Waals surface area contributed by atoms with Crippen LogP contribution in [0.25, 0.3) is 0 Å². The number of hydrogen-bond donors (Lipinski definition) is 1. The maximum Gasteiger partial charge on any atom is 0.118 e. The van der Waals surface area contributed by atoms with E-state index in [0.717, 1.165) is 37.2 Å². The number of rotatable bonds is 7. The van der Waals surface area contributed by atoms with Gasteiger partial charge in [-0.3, -0.25) is 4.90 Å². The minimum atomic E-state index is 0.761. The molecule has 1 aliphatic rings. The monoisotopic (exact) mass is 290 g/mol. The lowest BCUT2D eigenvalue weighted by molar-refractivity contribution is 0.244. The van der Waals surface area contributed by atoms with Crippen molar-refractivity contribution in [2.75, 3.05) is 7.05 Å². The van der Waals surface area contributed by atoms with E-state index in [4.69, 9.17) is 4.42 Å². The number of hydrogen-bond acceptors (Lipinski definition) is 4. The van der Waals surface area contributed by atoms with Crippen molar-refractivity contribution in [2.24, 2.45) is 0 Å². The van der Waals surface area contributed by atoms with Crippen molar-refractivity contribution in [2.45, 2.75) is 45.4 Å². The molecule has 0 unspecified atom stereocenters. The molecule has 0 atom stereocenters. The first-order chi connectivity index (χ1) is 9.76. The molecule has 2 heterocycles. The highest BCUT2D eigenvalue weighted by Crippen LogP contribution is 2.31. The normalized spacial score (nSPS) is 15.2. The van der Waals surface area contributed by atoms with Crippen molar-refractivity contribution in [1.29, 1.82) is 0 Å². The number of nitrogens with zero attached hydrogens (tertiary/aromatic N) is 1. The summed E-state index contributed by atoms with van der Waals surface area (Å²) < 4.78 is 5.80. The third kappa shape index (κ3) is 3.32. The quantitative estimate of drug-likeness (QED) is 0.845. The number of thiophene rings is 1. The van der Waals surface area contributed by atoms with Crippen LogP contribution in [0.1, 0.15) is 35.5 Å². The third-order valence-electron chi connectivity index (χ3n) is 3.83. The van der Waals surface area contributed by atoms with Crippen LogP contribution in [0.4, 0.5) is 0 Å². The maximum atomic E-state index is 5.80. The van der Waals surface area contributed by atoms with Gasteiger partial charge in [-0.05, 0) is 55.3 Å². The molecule has 0 saturated heterocycles. The lowest BCUT2D eigenvalue weighted by atomic mass is 10.2. The minimum Gasteiger partial charge on any atom is -0.465 e. The Hall–Kier alpha value is -1.10. The molecule has 1 aliphatic carbocycles. The second-order valence-electron chi connectivity index (χ2n) is 5.59. The third-order valence-corrected chi connectivity index (χ3v) is 4.56. The molecule has 0 amide bonds. The summed E-state index contributed by atoms with van der Waals surface area (Å²) in [5.74, 6) is 2.09. The molecule has 0 aromatic carbocycles. The largest absolute Gasteiger partial charge is 0.465 e. The Morgan fingerprint density at radius 1 is 1.40 bits per heavy atom. The van der Waals surface area contributed by atoms with Crippen molar-refractivity contribution >= 4 is 11.3 Å². The van der Waals surface area contributed by atoms with Crippen LogP contribution in [-0.2, 0) is 19.6 Å². The molecule has 1 saturated carbocycles. The molecule has 0 aliphatic heterocycles. The number of nitrogens with one attached hydrogen (secondary N) is 1. The van der Waals surface area contributed by atoms with E-state index in [0.29, 0.717) is 0 Å². The first-order valence-corrected chi connectivity index (χ1v) is 8.18. The first kappa shape index (κ1) is 13.9. The average molecular weight is 290 g/mol. The van der Waals surface area contributed by atoms with Crippen molar-refractivity contribution in [3.8, 4) is 0 Å². The molecule has 4 heteroatoms. The van der Waals surface area contributed by atoms with Crippen LogP contribution in [0.3, 0.4) is 0 Å². The van der Waals surface area contributed by atoms with E-state index in [-0.39, 0.29) is 0 Å². The Morgan fingerprint density at radius 3 is 2.90 bits per heavy atom. The van der Waals surface area contributed by atoms with Gasteiger partial charge in [-0.1, -0.05) is 0 Å². The molecule has 20 heavy (non-hydrogen) atoms. The molecule has 0 spiro atoms. The van der Waals surface area contributed by atoms with Gasteiger partial charge in [0.1, 0.15) is 11.5 Å². The SMILES string of the molecule is CNCc1cc(CN(Cc2ccsc2)C2CC2)c(C)o1. The summed E-state index contributed by atoms with van der Waals surface area (Å²) in [6.45, 7) is 4.93. The van der Waals surface area contributed by atoms with Gasteiger partial charge in [0.2, 0.25) is 0 Å². The Balaban J connectivity index is 1.69. The van der Waals surface area contributed by atoms with Crippen molar-refractivity contribution < 1.29 is 4.42 Å². The predicted octanol–water partition coefficient (Wildman–Crippen LogP) is 3.53. The summed E-state index contributed by atoms with van der Waals surface area (Å²) in [5.41, 5.74) is 2.76. The highest BCUT2D eigenvalue weighted by atomic mass is 32.1. The van der Waals surface area contributed by atoms with Crippen LogP contribution in [0, 0.1) is 6.92 Å². The Morgan fingerprint density at radius 2 is 2.25 bits per heavy atom. The number of furan rings is 1. The molecule has 2 aromatic heterocycles. The summed E-state index contributed by atoms with van der Waals surface area (Å²) in [7, 11) is 1.95. The van der Waals surface area contributed by atoms with E-state index in [1.807, 2.05) is 7.05 Å². The van der Waals surface area contributed by atoms with Crippen molar-refractivity contribution in [1.82, 2.24) is 10.2 Å². The molecule has 2 aromatic rings. The van der Waals surface area contributed by atoms with Gasteiger partial charge in [0.25, 0.3) is 0 Å². The molecule has 0 radical (unpaired) electrons.